The number of fused-ring (bicyclic) bond motifs is 1. The van der Waals surface area contributed by atoms with Crippen molar-refractivity contribution in [3.8, 4) is 5.75 Å². The molecule has 2 aromatic carbocycles. The molecule has 0 amide bonds. The molecule has 0 unspecified atom stereocenters. The summed E-state index contributed by atoms with van der Waals surface area (Å²) in [5, 5.41) is 0.590. The molecule has 22 heavy (non-hydrogen) atoms. The molecule has 0 spiro atoms. The van der Waals surface area contributed by atoms with E-state index in [2.05, 4.69) is 15.9 Å². The van der Waals surface area contributed by atoms with E-state index in [1.165, 1.54) is 10.4 Å². The summed E-state index contributed by atoms with van der Waals surface area (Å²) in [7, 11) is -3.80. The second kappa shape index (κ2) is 5.92. The van der Waals surface area contributed by atoms with Crippen molar-refractivity contribution in [2.45, 2.75) is 4.90 Å². The summed E-state index contributed by atoms with van der Waals surface area (Å²) in [5.74, 6) is 0.450. The topological polar surface area (TPSA) is 46.6 Å². The van der Waals surface area contributed by atoms with Crippen LogP contribution in [-0.2, 0) is 10.0 Å². The molecule has 0 saturated carbocycles. The molecule has 0 aliphatic carbocycles. The Balaban J connectivity index is 2.18. The van der Waals surface area contributed by atoms with Gasteiger partial charge in [0.1, 0.15) is 11.5 Å². The van der Waals surface area contributed by atoms with E-state index < -0.39 is 10.0 Å². The van der Waals surface area contributed by atoms with Crippen LogP contribution in [0.3, 0.4) is 0 Å². The van der Waals surface area contributed by atoms with Gasteiger partial charge in [0.05, 0.1) is 21.7 Å². The monoisotopic (exact) mass is 421 g/mol. The Morgan fingerprint density at radius 2 is 1.91 bits per heavy atom. The molecule has 0 bridgehead atoms. The number of sulfonamides is 1. The summed E-state index contributed by atoms with van der Waals surface area (Å²) < 4.78 is 33.3. The standard InChI is InChI=1S/C14H10BrCl2NO3S/c15-10-7-9(16)8-12-14(10)21-6-5-18(12)22(19,20)13-4-2-1-3-11(13)17/h1-4,7-8H,5-6H2. The van der Waals surface area contributed by atoms with Gasteiger partial charge < -0.3 is 4.74 Å². The summed E-state index contributed by atoms with van der Waals surface area (Å²) in [6, 6.07) is 9.56. The minimum Gasteiger partial charge on any atom is -0.488 e. The average Bonchev–Trinajstić information content (AvgIpc) is 2.46. The van der Waals surface area contributed by atoms with Crippen LogP contribution in [0.5, 0.6) is 5.75 Å². The van der Waals surface area contributed by atoms with Gasteiger partial charge in [0.25, 0.3) is 10.0 Å². The highest BCUT2D eigenvalue weighted by atomic mass is 79.9. The van der Waals surface area contributed by atoms with E-state index in [0.29, 0.717) is 20.9 Å². The minimum absolute atomic E-state index is 0.0561. The average molecular weight is 423 g/mol. The van der Waals surface area contributed by atoms with Crippen molar-refractivity contribution in [1.29, 1.82) is 0 Å². The predicted octanol–water partition coefficient (Wildman–Crippen LogP) is 4.34. The van der Waals surface area contributed by atoms with Gasteiger partial charge in [-0.15, -0.1) is 0 Å². The Morgan fingerprint density at radius 1 is 1.18 bits per heavy atom. The molecule has 1 aliphatic heterocycles. The molecule has 1 heterocycles. The Labute approximate surface area is 146 Å². The molecule has 3 rings (SSSR count). The van der Waals surface area contributed by atoms with E-state index in [-0.39, 0.29) is 23.1 Å². The maximum absolute atomic E-state index is 12.9. The fourth-order valence-corrected chi connectivity index (χ4v) is 5.10. The SMILES string of the molecule is O=S(=O)(c1ccccc1Cl)N1CCOc2c(Br)cc(Cl)cc21. The number of benzene rings is 2. The molecule has 2 aromatic rings. The van der Waals surface area contributed by atoms with E-state index in [4.69, 9.17) is 27.9 Å². The predicted molar refractivity (Wildman–Crippen MR) is 90.6 cm³/mol. The molecule has 0 aromatic heterocycles. The van der Waals surface area contributed by atoms with Crippen LogP contribution in [0, 0.1) is 0 Å². The van der Waals surface area contributed by atoms with E-state index >= 15 is 0 Å². The van der Waals surface area contributed by atoms with Crippen molar-refractivity contribution in [3.05, 3.63) is 50.9 Å². The van der Waals surface area contributed by atoms with Crippen LogP contribution in [0.2, 0.25) is 10.0 Å². The van der Waals surface area contributed by atoms with Crippen LogP contribution < -0.4 is 9.04 Å². The third kappa shape index (κ3) is 2.69. The summed E-state index contributed by atoms with van der Waals surface area (Å²) in [5.41, 5.74) is 0.394. The number of halogens is 3. The number of nitrogens with zero attached hydrogens (tertiary/aromatic N) is 1. The highest BCUT2D eigenvalue weighted by molar-refractivity contribution is 9.10. The lowest BCUT2D eigenvalue weighted by Gasteiger charge is -2.31. The van der Waals surface area contributed by atoms with Gasteiger partial charge in [-0.3, -0.25) is 4.31 Å². The Bertz CT molecular complexity index is 842. The second-order valence-corrected chi connectivity index (χ2v) is 8.12. The second-order valence-electron chi connectivity index (χ2n) is 4.59. The first-order valence-corrected chi connectivity index (χ1v) is 9.29. The largest absolute Gasteiger partial charge is 0.488 e. The van der Waals surface area contributed by atoms with Gasteiger partial charge in [0.15, 0.2) is 5.75 Å². The van der Waals surface area contributed by atoms with E-state index in [1.54, 1.807) is 30.3 Å². The van der Waals surface area contributed by atoms with Gasteiger partial charge >= 0.3 is 0 Å². The van der Waals surface area contributed by atoms with E-state index in [1.807, 2.05) is 0 Å². The van der Waals surface area contributed by atoms with Crippen LogP contribution in [0.15, 0.2) is 45.8 Å². The first kappa shape index (κ1) is 15.9. The zero-order chi connectivity index (χ0) is 15.9. The third-order valence-electron chi connectivity index (χ3n) is 3.20. The van der Waals surface area contributed by atoms with Crippen LogP contribution in [0.4, 0.5) is 5.69 Å². The zero-order valence-electron chi connectivity index (χ0n) is 11.1. The zero-order valence-corrected chi connectivity index (χ0v) is 15.0. The fourth-order valence-electron chi connectivity index (χ4n) is 2.25. The molecule has 0 fully saturated rings. The quantitative estimate of drug-likeness (QED) is 0.722. The lowest BCUT2D eigenvalue weighted by molar-refractivity contribution is 0.314. The molecule has 4 nitrogen and oxygen atoms in total. The highest BCUT2D eigenvalue weighted by Gasteiger charge is 2.32. The van der Waals surface area contributed by atoms with E-state index in [0.717, 1.165) is 0 Å². The molecule has 0 atom stereocenters. The van der Waals surface area contributed by atoms with Crippen LogP contribution in [0.25, 0.3) is 0 Å². The van der Waals surface area contributed by atoms with Gasteiger partial charge in [-0.2, -0.15) is 0 Å². The third-order valence-corrected chi connectivity index (χ3v) is 6.32. The molecular formula is C14H10BrCl2NO3S. The van der Waals surface area contributed by atoms with Crippen molar-refractivity contribution in [2.75, 3.05) is 17.5 Å². The molecule has 0 radical (unpaired) electrons. The maximum atomic E-state index is 12.9. The van der Waals surface area contributed by atoms with Crippen LogP contribution in [0.1, 0.15) is 0 Å². The highest BCUT2D eigenvalue weighted by Crippen LogP contribution is 2.43. The summed E-state index contributed by atoms with van der Waals surface area (Å²) in [6.07, 6.45) is 0. The number of hydrogen-bond acceptors (Lipinski definition) is 3. The molecule has 1 aliphatic rings. The van der Waals surface area contributed by atoms with Gasteiger partial charge in [0.2, 0.25) is 0 Å². The minimum atomic E-state index is -3.80. The van der Waals surface area contributed by atoms with Crippen LogP contribution in [-0.4, -0.2) is 21.6 Å². The van der Waals surface area contributed by atoms with Gasteiger partial charge in [-0.05, 0) is 40.2 Å². The van der Waals surface area contributed by atoms with Crippen molar-refractivity contribution >= 4 is 54.8 Å². The Kier molecular flexibility index (Phi) is 4.29. The molecule has 0 saturated heterocycles. The lowest BCUT2D eigenvalue weighted by atomic mass is 10.2. The van der Waals surface area contributed by atoms with Gasteiger partial charge in [0, 0.05) is 5.02 Å². The number of ether oxygens (including phenoxy) is 1. The van der Waals surface area contributed by atoms with Crippen molar-refractivity contribution in [1.82, 2.24) is 0 Å². The molecular weight excluding hydrogens is 413 g/mol. The van der Waals surface area contributed by atoms with E-state index in [9.17, 15) is 8.42 Å². The first-order valence-electron chi connectivity index (χ1n) is 6.30. The Morgan fingerprint density at radius 3 is 2.64 bits per heavy atom. The summed E-state index contributed by atoms with van der Waals surface area (Å²) in [4.78, 5) is 0.0561. The Hall–Kier alpha value is -0.950. The van der Waals surface area contributed by atoms with Crippen molar-refractivity contribution in [2.24, 2.45) is 0 Å². The summed E-state index contributed by atoms with van der Waals surface area (Å²) in [6.45, 7) is 0.435. The maximum Gasteiger partial charge on any atom is 0.266 e. The lowest BCUT2D eigenvalue weighted by Crippen LogP contribution is -2.38. The first-order chi connectivity index (χ1) is 10.4. The molecule has 8 heteroatoms. The fraction of sp³-hybridized carbons (Fsp3) is 0.143. The van der Waals surface area contributed by atoms with Crippen molar-refractivity contribution < 1.29 is 13.2 Å². The molecule has 116 valence electrons. The number of rotatable bonds is 2. The van der Waals surface area contributed by atoms with Gasteiger partial charge in [-0.1, -0.05) is 35.3 Å². The molecule has 0 N–H and O–H groups in total. The normalized spacial score (nSPS) is 14.4. The number of hydrogen-bond donors (Lipinski definition) is 0. The summed E-state index contributed by atoms with van der Waals surface area (Å²) >= 11 is 15.4. The van der Waals surface area contributed by atoms with Crippen molar-refractivity contribution in [3.63, 3.8) is 0 Å². The smallest absolute Gasteiger partial charge is 0.266 e. The van der Waals surface area contributed by atoms with Crippen LogP contribution >= 0.6 is 39.1 Å². The van der Waals surface area contributed by atoms with Gasteiger partial charge in [-0.25, -0.2) is 8.42 Å². The number of anilines is 1.